The summed E-state index contributed by atoms with van der Waals surface area (Å²) in [7, 11) is -3.36. The summed E-state index contributed by atoms with van der Waals surface area (Å²) in [5, 5.41) is 5.39. The number of thiazole rings is 1. The first-order valence-electron chi connectivity index (χ1n) is 9.19. The number of hydrogen-bond acceptors (Lipinski definition) is 5. The number of hydrogen-bond donors (Lipinski definition) is 2. The molecule has 0 bridgehead atoms. The van der Waals surface area contributed by atoms with Crippen LogP contribution in [0.2, 0.25) is 0 Å². The molecule has 1 amide bonds. The molecule has 2 N–H and O–H groups in total. The second kappa shape index (κ2) is 9.30. The Morgan fingerprint density at radius 2 is 1.69 bits per heavy atom. The van der Waals surface area contributed by atoms with Crippen molar-refractivity contribution in [3.05, 3.63) is 76.8 Å². The smallest absolute Gasteiger partial charge is 0.271 e. The van der Waals surface area contributed by atoms with Crippen LogP contribution in [0.5, 0.6) is 0 Å². The van der Waals surface area contributed by atoms with E-state index in [0.29, 0.717) is 17.8 Å². The Bertz CT molecular complexity index is 1060. The van der Waals surface area contributed by atoms with E-state index in [1.165, 1.54) is 11.3 Å². The Kier molecular flexibility index (Phi) is 6.79. The lowest BCUT2D eigenvalue weighted by Crippen LogP contribution is -2.31. The third kappa shape index (κ3) is 6.22. The van der Waals surface area contributed by atoms with Gasteiger partial charge in [-0.2, -0.15) is 0 Å². The van der Waals surface area contributed by atoms with Crippen molar-refractivity contribution in [3.8, 4) is 10.6 Å². The van der Waals surface area contributed by atoms with Gasteiger partial charge in [-0.1, -0.05) is 54.6 Å². The number of carbonyl (C=O) groups is 1. The van der Waals surface area contributed by atoms with Crippen molar-refractivity contribution < 1.29 is 13.2 Å². The first-order chi connectivity index (χ1) is 13.8. The van der Waals surface area contributed by atoms with E-state index in [4.69, 9.17) is 0 Å². The van der Waals surface area contributed by atoms with Crippen molar-refractivity contribution in [1.29, 1.82) is 0 Å². The van der Waals surface area contributed by atoms with Gasteiger partial charge in [0.2, 0.25) is 10.0 Å². The maximum absolute atomic E-state index is 12.4. The molecule has 0 fully saturated rings. The quantitative estimate of drug-likeness (QED) is 0.573. The largest absolute Gasteiger partial charge is 0.347 e. The lowest BCUT2D eigenvalue weighted by molar-refractivity contribution is 0.0946. The number of benzene rings is 2. The number of amides is 1. The Balaban J connectivity index is 1.56. The molecular weight excluding hydrogens is 406 g/mol. The Labute approximate surface area is 175 Å². The van der Waals surface area contributed by atoms with Gasteiger partial charge in [0.1, 0.15) is 10.7 Å². The molecule has 0 aliphatic heterocycles. The number of aromatic nitrogens is 1. The third-order valence-electron chi connectivity index (χ3n) is 4.01. The Morgan fingerprint density at radius 1 is 1.03 bits per heavy atom. The van der Waals surface area contributed by atoms with E-state index < -0.39 is 10.0 Å². The molecule has 0 spiro atoms. The minimum absolute atomic E-state index is 0.0705. The summed E-state index contributed by atoms with van der Waals surface area (Å²) in [4.78, 5) is 16.8. The number of sulfonamides is 1. The monoisotopic (exact) mass is 429 g/mol. The van der Waals surface area contributed by atoms with E-state index in [9.17, 15) is 13.2 Å². The number of rotatable bonds is 8. The molecule has 29 heavy (non-hydrogen) atoms. The van der Waals surface area contributed by atoms with E-state index in [1.807, 2.05) is 42.5 Å². The second-order valence-corrected chi connectivity index (χ2v) is 9.55. The summed E-state index contributed by atoms with van der Waals surface area (Å²) in [6, 6.07) is 16.7. The van der Waals surface area contributed by atoms with E-state index in [1.54, 1.807) is 31.4 Å². The molecule has 6 nitrogen and oxygen atoms in total. The van der Waals surface area contributed by atoms with Gasteiger partial charge < -0.3 is 5.32 Å². The van der Waals surface area contributed by atoms with Crippen molar-refractivity contribution in [2.75, 3.05) is 0 Å². The van der Waals surface area contributed by atoms with Crippen LogP contribution in [0.25, 0.3) is 10.6 Å². The molecular formula is C21H23N3O3S2. The maximum Gasteiger partial charge on any atom is 0.271 e. The molecule has 3 rings (SSSR count). The highest BCUT2D eigenvalue weighted by Gasteiger charge is 2.14. The molecule has 152 valence electrons. The minimum Gasteiger partial charge on any atom is -0.347 e. The average Bonchev–Trinajstić information content (AvgIpc) is 3.17. The molecule has 0 unspecified atom stereocenters. The van der Waals surface area contributed by atoms with Crippen molar-refractivity contribution in [2.45, 2.75) is 32.2 Å². The summed E-state index contributed by atoms with van der Waals surface area (Å²) in [5.74, 6) is -0.310. The number of nitrogens with zero attached hydrogens (tertiary/aromatic N) is 1. The van der Waals surface area contributed by atoms with Crippen LogP contribution >= 0.6 is 11.3 Å². The van der Waals surface area contributed by atoms with Gasteiger partial charge in [0.05, 0.1) is 5.75 Å². The van der Waals surface area contributed by atoms with Crippen LogP contribution in [-0.4, -0.2) is 25.4 Å². The minimum atomic E-state index is -3.36. The lowest BCUT2D eigenvalue weighted by Gasteiger charge is -2.10. The van der Waals surface area contributed by atoms with Gasteiger partial charge in [-0.15, -0.1) is 11.3 Å². The van der Waals surface area contributed by atoms with Crippen LogP contribution in [0.1, 0.15) is 35.5 Å². The van der Waals surface area contributed by atoms with Crippen LogP contribution in [0, 0.1) is 0 Å². The topological polar surface area (TPSA) is 88.2 Å². The standard InChI is InChI=1S/C21H23N3O3S2/c1-15(2)24-29(26,27)14-17-10-8-16(9-11-17)12-22-20(25)19-13-28-21(23-19)18-6-4-3-5-7-18/h3-11,13,15,24H,12,14H2,1-2H3,(H,22,25). The normalized spacial score (nSPS) is 11.6. The van der Waals surface area contributed by atoms with Crippen molar-refractivity contribution in [3.63, 3.8) is 0 Å². The zero-order valence-electron chi connectivity index (χ0n) is 16.3. The highest BCUT2D eigenvalue weighted by atomic mass is 32.2. The summed E-state index contributed by atoms with van der Waals surface area (Å²) in [6.07, 6.45) is 0. The zero-order valence-corrected chi connectivity index (χ0v) is 17.9. The molecule has 0 atom stereocenters. The van der Waals surface area contributed by atoms with Gasteiger partial charge in [0, 0.05) is 23.5 Å². The molecule has 8 heteroatoms. The molecule has 0 aliphatic rings. The van der Waals surface area contributed by atoms with Crippen LogP contribution in [0.4, 0.5) is 0 Å². The molecule has 1 heterocycles. The van der Waals surface area contributed by atoms with E-state index in [-0.39, 0.29) is 17.7 Å². The van der Waals surface area contributed by atoms with E-state index in [2.05, 4.69) is 15.0 Å². The average molecular weight is 430 g/mol. The fourth-order valence-corrected chi connectivity index (χ4v) is 4.98. The summed E-state index contributed by atoms with van der Waals surface area (Å²) in [6.45, 7) is 3.91. The van der Waals surface area contributed by atoms with Crippen molar-refractivity contribution in [1.82, 2.24) is 15.0 Å². The number of nitrogens with one attached hydrogen (secondary N) is 2. The van der Waals surface area contributed by atoms with Crippen molar-refractivity contribution in [2.24, 2.45) is 0 Å². The first-order valence-corrected chi connectivity index (χ1v) is 11.7. The highest BCUT2D eigenvalue weighted by molar-refractivity contribution is 7.88. The third-order valence-corrected chi connectivity index (χ3v) is 6.44. The van der Waals surface area contributed by atoms with Gasteiger partial charge >= 0.3 is 0 Å². The Morgan fingerprint density at radius 3 is 2.34 bits per heavy atom. The predicted molar refractivity (Wildman–Crippen MR) is 116 cm³/mol. The first kappa shape index (κ1) is 21.2. The van der Waals surface area contributed by atoms with Gasteiger partial charge in [-0.05, 0) is 25.0 Å². The second-order valence-electron chi connectivity index (χ2n) is 6.93. The van der Waals surface area contributed by atoms with Crippen LogP contribution in [0.3, 0.4) is 0 Å². The Hall–Kier alpha value is -2.55. The molecule has 3 aromatic rings. The van der Waals surface area contributed by atoms with Gasteiger partial charge in [-0.25, -0.2) is 18.1 Å². The predicted octanol–water partition coefficient (Wildman–Crippen LogP) is 3.57. The maximum atomic E-state index is 12.4. The van der Waals surface area contributed by atoms with Crippen LogP contribution in [-0.2, 0) is 22.3 Å². The lowest BCUT2D eigenvalue weighted by atomic mass is 10.1. The number of carbonyl (C=O) groups excluding carboxylic acids is 1. The molecule has 0 saturated carbocycles. The summed E-state index contributed by atoms with van der Waals surface area (Å²) >= 11 is 1.43. The van der Waals surface area contributed by atoms with Gasteiger partial charge in [0.15, 0.2) is 0 Å². The molecule has 0 radical (unpaired) electrons. The van der Waals surface area contributed by atoms with E-state index >= 15 is 0 Å². The van der Waals surface area contributed by atoms with Gasteiger partial charge in [0.25, 0.3) is 5.91 Å². The van der Waals surface area contributed by atoms with Crippen LogP contribution < -0.4 is 10.0 Å². The van der Waals surface area contributed by atoms with Gasteiger partial charge in [-0.3, -0.25) is 4.79 Å². The SMILES string of the molecule is CC(C)NS(=O)(=O)Cc1ccc(CNC(=O)c2csc(-c3ccccc3)n2)cc1. The fourth-order valence-electron chi connectivity index (χ4n) is 2.74. The molecule has 0 aliphatic carbocycles. The van der Waals surface area contributed by atoms with E-state index in [0.717, 1.165) is 16.1 Å². The van der Waals surface area contributed by atoms with Crippen molar-refractivity contribution >= 4 is 27.3 Å². The molecule has 0 saturated heterocycles. The highest BCUT2D eigenvalue weighted by Crippen LogP contribution is 2.23. The molecule has 1 aromatic heterocycles. The summed E-state index contributed by atoms with van der Waals surface area (Å²) in [5.41, 5.74) is 2.94. The fraction of sp³-hybridized carbons (Fsp3) is 0.238. The summed E-state index contributed by atoms with van der Waals surface area (Å²) < 4.78 is 26.6. The molecule has 2 aromatic carbocycles. The van der Waals surface area contributed by atoms with Crippen LogP contribution in [0.15, 0.2) is 60.0 Å². The zero-order chi connectivity index (χ0) is 20.9.